The van der Waals surface area contributed by atoms with Crippen LogP contribution in [0.4, 0.5) is 11.4 Å². The van der Waals surface area contributed by atoms with Gasteiger partial charge in [-0.1, -0.05) is 29.8 Å². The van der Waals surface area contributed by atoms with Crippen molar-refractivity contribution in [3.63, 3.8) is 0 Å². The first-order valence-corrected chi connectivity index (χ1v) is 14.9. The largest absolute Gasteiger partial charge is 0.450 e. The van der Waals surface area contributed by atoms with Crippen molar-refractivity contribution < 1.29 is 18.8 Å². The second kappa shape index (κ2) is 10.2. The minimum Gasteiger partial charge on any atom is -0.450 e. The Morgan fingerprint density at radius 2 is 1.71 bits per heavy atom. The van der Waals surface area contributed by atoms with Crippen molar-refractivity contribution in [1.82, 2.24) is 10.3 Å². The highest BCUT2D eigenvalue weighted by atomic mass is 32.2. The minimum absolute atomic E-state index is 0.230. The number of thiazole rings is 1. The van der Waals surface area contributed by atoms with Crippen molar-refractivity contribution in [3.8, 4) is 0 Å². The summed E-state index contributed by atoms with van der Waals surface area (Å²) in [6.07, 6.45) is 1.69. The maximum atomic E-state index is 12.9. The Balaban J connectivity index is 1.07. The molecular weight excluding hydrogens is 577 g/mol. The lowest BCUT2D eigenvalue weighted by Crippen LogP contribution is -2.29. The highest BCUT2D eigenvalue weighted by molar-refractivity contribution is 8.18. The Bertz CT molecular complexity index is 1920. The molecule has 7 rings (SSSR count). The van der Waals surface area contributed by atoms with Crippen molar-refractivity contribution in [2.24, 2.45) is 4.99 Å². The normalized spacial score (nSPS) is 16.8. The number of fused-ring (bicyclic) bond motifs is 2. The van der Waals surface area contributed by atoms with Crippen LogP contribution in [0.2, 0.25) is 0 Å². The molecule has 1 N–H and O–H groups in total. The number of anilines is 1. The molecule has 0 saturated carbocycles. The molecule has 200 valence electrons. The number of nitrogens with zero attached hydrogens (tertiary/aromatic N) is 3. The van der Waals surface area contributed by atoms with Gasteiger partial charge in [0.1, 0.15) is 5.76 Å². The van der Waals surface area contributed by atoms with E-state index in [1.165, 1.54) is 39.8 Å². The first-order chi connectivity index (χ1) is 19.9. The van der Waals surface area contributed by atoms with Gasteiger partial charge in [0.2, 0.25) is 0 Å². The van der Waals surface area contributed by atoms with E-state index in [0.29, 0.717) is 37.7 Å². The molecule has 11 heteroatoms. The smallest absolute Gasteiger partial charge is 0.266 e. The van der Waals surface area contributed by atoms with E-state index in [1.54, 1.807) is 48.5 Å². The fourth-order valence-corrected chi connectivity index (χ4v) is 7.22. The number of amides is 3. The summed E-state index contributed by atoms with van der Waals surface area (Å²) >= 11 is 4.06. The molecule has 0 atom stereocenters. The summed E-state index contributed by atoms with van der Waals surface area (Å²) in [5.74, 6) is -0.352. The molecule has 3 aromatic carbocycles. The summed E-state index contributed by atoms with van der Waals surface area (Å²) < 4.78 is 7.54. The summed E-state index contributed by atoms with van der Waals surface area (Å²) in [5.41, 5.74) is 3.98. The summed E-state index contributed by atoms with van der Waals surface area (Å²) in [5, 5.41) is 3.92. The van der Waals surface area contributed by atoms with E-state index in [0.717, 1.165) is 25.8 Å². The van der Waals surface area contributed by atoms with Gasteiger partial charge in [-0.15, -0.1) is 11.3 Å². The van der Waals surface area contributed by atoms with Crippen molar-refractivity contribution >= 4 is 85.4 Å². The Labute approximate surface area is 246 Å². The predicted molar refractivity (Wildman–Crippen MR) is 162 cm³/mol. The molecule has 41 heavy (non-hydrogen) atoms. The molecule has 0 radical (unpaired) electrons. The second-order valence-electron chi connectivity index (χ2n) is 9.20. The first kappa shape index (κ1) is 25.5. The lowest BCUT2D eigenvalue weighted by atomic mass is 10.1. The second-order valence-corrected chi connectivity index (χ2v) is 12.5. The zero-order valence-corrected chi connectivity index (χ0v) is 23.7. The highest BCUT2D eigenvalue weighted by Gasteiger charge is 2.36. The topological polar surface area (TPSA) is 105 Å². The molecule has 2 aliphatic rings. The third-order valence-corrected chi connectivity index (χ3v) is 9.29. The Morgan fingerprint density at radius 3 is 2.46 bits per heavy atom. The van der Waals surface area contributed by atoms with E-state index in [1.807, 2.05) is 43.3 Å². The van der Waals surface area contributed by atoms with Crippen LogP contribution in [-0.2, 0) is 4.79 Å². The number of amidine groups is 1. The Hall–Kier alpha value is -4.45. The number of benzene rings is 3. The molecule has 0 aliphatic carbocycles. The lowest BCUT2D eigenvalue weighted by molar-refractivity contribution is -0.115. The maximum Gasteiger partial charge on any atom is 0.266 e. The van der Waals surface area contributed by atoms with Gasteiger partial charge in [-0.2, -0.15) is 0 Å². The van der Waals surface area contributed by atoms with Gasteiger partial charge in [0.15, 0.2) is 14.6 Å². The molecule has 2 aliphatic heterocycles. The monoisotopic (exact) mass is 594 g/mol. The van der Waals surface area contributed by atoms with Crippen LogP contribution >= 0.6 is 34.9 Å². The number of carbonyl (C=O) groups is 3. The molecule has 3 amide bonds. The number of aryl methyl sites for hydroxylation is 1. The molecule has 0 spiro atoms. The molecule has 0 unspecified atom stereocenters. The summed E-state index contributed by atoms with van der Waals surface area (Å²) in [6, 6.07) is 23.5. The van der Waals surface area contributed by atoms with Crippen LogP contribution in [-0.4, -0.2) is 27.9 Å². The molecule has 8 nitrogen and oxygen atoms in total. The number of furan rings is 1. The lowest BCUT2D eigenvalue weighted by Gasteiger charge is -2.13. The number of carbonyl (C=O) groups excluding carboxylic acids is 3. The number of aliphatic imine (C=N–C) groups is 1. The first-order valence-electron chi connectivity index (χ1n) is 12.4. The van der Waals surface area contributed by atoms with Crippen LogP contribution in [0.15, 0.2) is 103 Å². The average Bonchev–Trinajstić information content (AvgIpc) is 3.72. The van der Waals surface area contributed by atoms with Crippen molar-refractivity contribution in [3.05, 3.63) is 106 Å². The van der Waals surface area contributed by atoms with Crippen LogP contribution in [0, 0.1) is 6.92 Å². The zero-order valence-electron chi connectivity index (χ0n) is 21.3. The minimum atomic E-state index is -0.330. The van der Waals surface area contributed by atoms with Gasteiger partial charge in [-0.3, -0.25) is 14.4 Å². The number of imide groups is 1. The van der Waals surface area contributed by atoms with Crippen LogP contribution < -0.4 is 10.2 Å². The van der Waals surface area contributed by atoms with E-state index in [2.05, 4.69) is 15.3 Å². The number of hydrogen-bond donors (Lipinski definition) is 1. The summed E-state index contributed by atoms with van der Waals surface area (Å²) in [7, 11) is 0. The van der Waals surface area contributed by atoms with E-state index in [4.69, 9.17) is 4.42 Å². The van der Waals surface area contributed by atoms with Crippen molar-refractivity contribution in [2.75, 3.05) is 4.90 Å². The number of thioether (sulfide) groups is 1. The standard InChI is InChI=1S/C30H18N4O4S3/c1-16-6-8-17(9-7-16)31-29-33-26(35)24(39-29)15-19-11-13-25(38-19)41-30-32-22-12-10-18(14-23(22)40-30)34-27(36)20-4-2-3-5-21(20)28(34)37/h2-15H,1H3,(H,31,33,35)/b24-15-. The molecule has 4 heterocycles. The molecule has 1 saturated heterocycles. The van der Waals surface area contributed by atoms with Crippen molar-refractivity contribution in [2.45, 2.75) is 16.4 Å². The third kappa shape index (κ3) is 4.88. The van der Waals surface area contributed by atoms with E-state index >= 15 is 0 Å². The fourth-order valence-electron chi connectivity index (χ4n) is 4.40. The SMILES string of the molecule is Cc1ccc(N=C2NC(=O)/C(=C/c3ccc(Sc4nc5ccc(N6C(=O)c7ccccc7C6=O)cc5s4)o3)S2)cc1. The fraction of sp³-hybridized carbons (Fsp3) is 0.0333. The number of nitrogens with one attached hydrogen (secondary N) is 1. The van der Waals surface area contributed by atoms with E-state index < -0.39 is 0 Å². The van der Waals surface area contributed by atoms with Crippen LogP contribution in [0.3, 0.4) is 0 Å². The quantitative estimate of drug-likeness (QED) is 0.172. The van der Waals surface area contributed by atoms with Gasteiger partial charge in [0, 0.05) is 6.08 Å². The predicted octanol–water partition coefficient (Wildman–Crippen LogP) is 7.04. The zero-order chi connectivity index (χ0) is 28.1. The highest BCUT2D eigenvalue weighted by Crippen LogP contribution is 2.38. The van der Waals surface area contributed by atoms with Crippen LogP contribution in [0.25, 0.3) is 16.3 Å². The number of hydrogen-bond acceptors (Lipinski definition) is 9. The van der Waals surface area contributed by atoms with Gasteiger partial charge in [0.05, 0.1) is 37.6 Å². The summed E-state index contributed by atoms with van der Waals surface area (Å²) in [6.45, 7) is 2.01. The Morgan fingerprint density at radius 1 is 0.951 bits per heavy atom. The van der Waals surface area contributed by atoms with E-state index in [9.17, 15) is 14.4 Å². The molecule has 5 aromatic rings. The average molecular weight is 595 g/mol. The van der Waals surface area contributed by atoms with Crippen LogP contribution in [0.5, 0.6) is 0 Å². The maximum absolute atomic E-state index is 12.9. The van der Waals surface area contributed by atoms with Gasteiger partial charge >= 0.3 is 0 Å². The summed E-state index contributed by atoms with van der Waals surface area (Å²) in [4.78, 5) is 49.1. The Kier molecular flexibility index (Phi) is 6.34. The molecule has 1 fully saturated rings. The van der Waals surface area contributed by atoms with Gasteiger partial charge < -0.3 is 9.73 Å². The molecule has 0 bridgehead atoms. The van der Waals surface area contributed by atoms with Crippen LogP contribution in [0.1, 0.15) is 32.0 Å². The number of aromatic nitrogens is 1. The van der Waals surface area contributed by atoms with Crippen molar-refractivity contribution in [1.29, 1.82) is 0 Å². The molecule has 2 aromatic heterocycles. The van der Waals surface area contributed by atoms with Gasteiger partial charge in [-0.05, 0) is 85.0 Å². The van der Waals surface area contributed by atoms with Gasteiger partial charge in [-0.25, -0.2) is 14.9 Å². The third-order valence-electron chi connectivity index (χ3n) is 6.38. The molecular formula is C30H18N4O4S3. The van der Waals surface area contributed by atoms with Gasteiger partial charge in [0.25, 0.3) is 17.7 Å². The number of rotatable bonds is 5. The van der Waals surface area contributed by atoms with E-state index in [-0.39, 0.29) is 17.7 Å².